The van der Waals surface area contributed by atoms with Gasteiger partial charge in [0.25, 0.3) is 5.91 Å². The fourth-order valence-corrected chi connectivity index (χ4v) is 2.96. The second-order valence-electron chi connectivity index (χ2n) is 6.21. The van der Waals surface area contributed by atoms with Crippen molar-refractivity contribution in [3.05, 3.63) is 59.8 Å². The maximum atomic E-state index is 14.1. The van der Waals surface area contributed by atoms with E-state index in [4.69, 9.17) is 4.42 Å². The largest absolute Gasteiger partial charge is 0.459 e. The molecule has 0 aliphatic heterocycles. The van der Waals surface area contributed by atoms with Crippen LogP contribution in [0.15, 0.2) is 47.1 Å². The van der Waals surface area contributed by atoms with Crippen molar-refractivity contribution >= 4 is 11.8 Å². The molecule has 5 nitrogen and oxygen atoms in total. The van der Waals surface area contributed by atoms with Crippen LogP contribution in [0.25, 0.3) is 0 Å². The second kappa shape index (κ2) is 7.51. The molecule has 1 N–H and O–H groups in total. The number of halogens is 1. The highest BCUT2D eigenvalue weighted by Gasteiger charge is 2.36. The molecule has 1 saturated carbocycles. The summed E-state index contributed by atoms with van der Waals surface area (Å²) in [7, 11) is 0. The summed E-state index contributed by atoms with van der Waals surface area (Å²) in [6.07, 6.45) is 3.46. The van der Waals surface area contributed by atoms with Gasteiger partial charge in [-0.3, -0.25) is 9.59 Å². The van der Waals surface area contributed by atoms with Gasteiger partial charge in [0.05, 0.1) is 12.3 Å². The summed E-state index contributed by atoms with van der Waals surface area (Å²) in [6.45, 7) is 2.06. The Labute approximate surface area is 145 Å². The van der Waals surface area contributed by atoms with Gasteiger partial charge in [-0.15, -0.1) is 0 Å². The molecule has 1 unspecified atom stereocenters. The lowest BCUT2D eigenvalue weighted by Crippen LogP contribution is -2.38. The molecule has 1 heterocycles. The minimum Gasteiger partial charge on any atom is -0.459 e. The van der Waals surface area contributed by atoms with Crippen LogP contribution in [-0.4, -0.2) is 29.3 Å². The van der Waals surface area contributed by atoms with Crippen LogP contribution in [-0.2, 0) is 4.79 Å². The molecule has 0 saturated heterocycles. The summed E-state index contributed by atoms with van der Waals surface area (Å²) in [6, 6.07) is 9.54. The highest BCUT2D eigenvalue weighted by Crippen LogP contribution is 2.35. The monoisotopic (exact) mass is 344 g/mol. The van der Waals surface area contributed by atoms with Crippen molar-refractivity contribution < 1.29 is 18.4 Å². The van der Waals surface area contributed by atoms with E-state index < -0.39 is 0 Å². The molecule has 6 heteroatoms. The SMILES string of the molecule is CC(c1ccccc1F)N(C(=O)CCNC(=O)c1ccco1)C1CC1. The first kappa shape index (κ1) is 17.2. The summed E-state index contributed by atoms with van der Waals surface area (Å²) in [5.41, 5.74) is 0.516. The molecule has 1 atom stereocenters. The standard InChI is InChI=1S/C19H21FN2O3/c1-13(15-5-2-3-6-16(15)20)22(14-8-9-14)18(23)10-11-21-19(24)17-7-4-12-25-17/h2-7,12-14H,8-11H2,1H3,(H,21,24). The molecule has 0 bridgehead atoms. The third-order valence-corrected chi connectivity index (χ3v) is 4.37. The van der Waals surface area contributed by atoms with Crippen LogP contribution in [0.4, 0.5) is 4.39 Å². The number of nitrogens with one attached hydrogen (secondary N) is 1. The van der Waals surface area contributed by atoms with Crippen LogP contribution in [0.5, 0.6) is 0 Å². The Hall–Kier alpha value is -2.63. The molecule has 1 aliphatic carbocycles. The number of hydrogen-bond donors (Lipinski definition) is 1. The lowest BCUT2D eigenvalue weighted by molar-refractivity contribution is -0.133. The summed E-state index contributed by atoms with van der Waals surface area (Å²) < 4.78 is 19.1. The van der Waals surface area contributed by atoms with Gasteiger partial charge in [0.1, 0.15) is 5.82 Å². The highest BCUT2D eigenvalue weighted by atomic mass is 19.1. The fraction of sp³-hybridized carbons (Fsp3) is 0.368. The maximum absolute atomic E-state index is 14.1. The first-order valence-corrected chi connectivity index (χ1v) is 8.45. The average Bonchev–Trinajstić information content (AvgIpc) is 3.26. The van der Waals surface area contributed by atoms with Crippen LogP contribution in [0.3, 0.4) is 0 Å². The molecule has 1 fully saturated rings. The molecule has 2 aromatic rings. The summed E-state index contributed by atoms with van der Waals surface area (Å²) in [5, 5.41) is 2.67. The van der Waals surface area contributed by atoms with Crippen molar-refractivity contribution in [2.45, 2.75) is 38.3 Å². The van der Waals surface area contributed by atoms with Crippen molar-refractivity contribution in [2.75, 3.05) is 6.54 Å². The van der Waals surface area contributed by atoms with E-state index in [9.17, 15) is 14.0 Å². The molecule has 25 heavy (non-hydrogen) atoms. The molecular formula is C19H21FN2O3. The number of amides is 2. The zero-order valence-corrected chi connectivity index (χ0v) is 14.1. The molecular weight excluding hydrogens is 323 g/mol. The number of carbonyl (C=O) groups excluding carboxylic acids is 2. The van der Waals surface area contributed by atoms with Gasteiger partial charge in [-0.1, -0.05) is 18.2 Å². The minimum absolute atomic E-state index is 0.0852. The Morgan fingerprint density at radius 1 is 1.28 bits per heavy atom. The molecule has 0 radical (unpaired) electrons. The van der Waals surface area contributed by atoms with Gasteiger partial charge in [-0.05, 0) is 38.0 Å². The van der Waals surface area contributed by atoms with E-state index in [0.717, 1.165) is 12.8 Å². The smallest absolute Gasteiger partial charge is 0.286 e. The van der Waals surface area contributed by atoms with Gasteiger partial charge >= 0.3 is 0 Å². The zero-order valence-electron chi connectivity index (χ0n) is 14.1. The Morgan fingerprint density at radius 2 is 2.04 bits per heavy atom. The minimum atomic E-state index is -0.349. The quantitative estimate of drug-likeness (QED) is 0.838. The van der Waals surface area contributed by atoms with E-state index in [0.29, 0.717) is 5.56 Å². The third kappa shape index (κ3) is 4.07. The van der Waals surface area contributed by atoms with Gasteiger partial charge in [-0.2, -0.15) is 0 Å². The van der Waals surface area contributed by atoms with Crippen LogP contribution >= 0.6 is 0 Å². The van der Waals surface area contributed by atoms with E-state index in [2.05, 4.69) is 5.32 Å². The van der Waals surface area contributed by atoms with Crippen molar-refractivity contribution in [3.63, 3.8) is 0 Å². The molecule has 1 aromatic heterocycles. The Balaban J connectivity index is 1.60. The summed E-state index contributed by atoms with van der Waals surface area (Å²) in [4.78, 5) is 26.2. The lowest BCUT2D eigenvalue weighted by atomic mass is 10.1. The van der Waals surface area contributed by atoms with Gasteiger partial charge in [0.2, 0.25) is 5.91 Å². The summed E-state index contributed by atoms with van der Waals surface area (Å²) >= 11 is 0. The van der Waals surface area contributed by atoms with Crippen LogP contribution in [0.2, 0.25) is 0 Å². The van der Waals surface area contributed by atoms with Crippen molar-refractivity contribution in [3.8, 4) is 0 Å². The molecule has 1 aromatic carbocycles. The van der Waals surface area contributed by atoms with Crippen LogP contribution in [0, 0.1) is 5.82 Å². The second-order valence-corrected chi connectivity index (χ2v) is 6.21. The Bertz CT molecular complexity index is 741. The van der Waals surface area contributed by atoms with Gasteiger partial charge in [0.15, 0.2) is 5.76 Å². The van der Waals surface area contributed by atoms with E-state index in [1.54, 1.807) is 35.2 Å². The van der Waals surface area contributed by atoms with E-state index in [1.165, 1.54) is 12.3 Å². The van der Waals surface area contributed by atoms with Gasteiger partial charge in [-0.25, -0.2) is 4.39 Å². The molecule has 132 valence electrons. The number of hydrogen-bond acceptors (Lipinski definition) is 3. The van der Waals surface area contributed by atoms with Gasteiger partial charge < -0.3 is 14.6 Å². The van der Waals surface area contributed by atoms with Gasteiger partial charge in [0, 0.05) is 24.6 Å². The van der Waals surface area contributed by atoms with E-state index in [-0.39, 0.29) is 48.4 Å². The number of rotatable bonds is 7. The van der Waals surface area contributed by atoms with Crippen molar-refractivity contribution in [1.29, 1.82) is 0 Å². The predicted molar refractivity (Wildman–Crippen MR) is 90.3 cm³/mol. The van der Waals surface area contributed by atoms with E-state index >= 15 is 0 Å². The molecule has 1 aliphatic rings. The highest BCUT2D eigenvalue weighted by molar-refractivity contribution is 5.91. The Morgan fingerprint density at radius 3 is 2.68 bits per heavy atom. The first-order chi connectivity index (χ1) is 12.1. The Kier molecular flexibility index (Phi) is 5.16. The fourth-order valence-electron chi connectivity index (χ4n) is 2.96. The summed E-state index contributed by atoms with van der Waals surface area (Å²) in [5.74, 6) is -0.526. The van der Waals surface area contributed by atoms with E-state index in [1.807, 2.05) is 6.92 Å². The normalized spacial score (nSPS) is 14.8. The zero-order chi connectivity index (χ0) is 17.8. The number of nitrogens with zero attached hydrogens (tertiary/aromatic N) is 1. The lowest BCUT2D eigenvalue weighted by Gasteiger charge is -2.30. The first-order valence-electron chi connectivity index (χ1n) is 8.45. The average molecular weight is 344 g/mol. The van der Waals surface area contributed by atoms with Crippen LogP contribution in [0.1, 0.15) is 48.3 Å². The molecule has 3 rings (SSSR count). The number of carbonyl (C=O) groups is 2. The van der Waals surface area contributed by atoms with Crippen LogP contribution < -0.4 is 5.32 Å². The third-order valence-electron chi connectivity index (χ3n) is 4.37. The molecule has 2 amide bonds. The van der Waals surface area contributed by atoms with Crippen molar-refractivity contribution in [2.24, 2.45) is 0 Å². The number of benzene rings is 1. The number of furan rings is 1. The predicted octanol–water partition coefficient (Wildman–Crippen LogP) is 3.29. The topological polar surface area (TPSA) is 62.6 Å². The maximum Gasteiger partial charge on any atom is 0.286 e. The molecule has 0 spiro atoms. The van der Waals surface area contributed by atoms with Crippen molar-refractivity contribution in [1.82, 2.24) is 10.2 Å².